The molecule has 0 amide bonds. The van der Waals surface area contributed by atoms with E-state index < -0.39 is 0 Å². The minimum atomic E-state index is -0.308. The fourth-order valence-electron chi connectivity index (χ4n) is 3.30. The van der Waals surface area contributed by atoms with E-state index in [1.807, 2.05) is 50.2 Å². The van der Waals surface area contributed by atoms with Crippen molar-refractivity contribution in [3.8, 4) is 11.1 Å². The SMILES string of the molecule is CCOC(=O)[C@H](CCN(C)C)C[C@H](N)Cc1ccc(-c2cc(Cl)ccc2F)cc1. The molecule has 0 aliphatic rings. The summed E-state index contributed by atoms with van der Waals surface area (Å²) in [5.74, 6) is -0.708. The average Bonchev–Trinajstić information content (AvgIpc) is 2.67. The van der Waals surface area contributed by atoms with E-state index in [0.717, 1.165) is 17.7 Å². The Morgan fingerprint density at radius 3 is 2.52 bits per heavy atom. The van der Waals surface area contributed by atoms with Crippen molar-refractivity contribution in [1.29, 1.82) is 0 Å². The molecule has 0 saturated heterocycles. The number of esters is 1. The first kappa shape index (κ1) is 23.3. The summed E-state index contributed by atoms with van der Waals surface area (Å²) in [6, 6.07) is 12.0. The maximum Gasteiger partial charge on any atom is 0.309 e. The van der Waals surface area contributed by atoms with Crippen molar-refractivity contribution in [3.05, 3.63) is 58.9 Å². The van der Waals surface area contributed by atoms with Crippen LogP contribution >= 0.6 is 11.6 Å². The van der Waals surface area contributed by atoms with E-state index in [9.17, 15) is 9.18 Å². The minimum Gasteiger partial charge on any atom is -0.466 e. The Bertz CT molecular complexity index is 796. The first-order chi connectivity index (χ1) is 13.8. The molecule has 2 N–H and O–H groups in total. The van der Waals surface area contributed by atoms with Crippen LogP contribution in [0.2, 0.25) is 5.02 Å². The minimum absolute atomic E-state index is 0.166. The van der Waals surface area contributed by atoms with Gasteiger partial charge in [-0.3, -0.25) is 4.79 Å². The second-order valence-electron chi connectivity index (χ2n) is 7.56. The molecule has 2 rings (SSSR count). The van der Waals surface area contributed by atoms with Crippen LogP contribution in [0, 0.1) is 11.7 Å². The van der Waals surface area contributed by atoms with E-state index in [1.54, 1.807) is 6.07 Å². The Labute approximate surface area is 177 Å². The van der Waals surface area contributed by atoms with Gasteiger partial charge in [0.15, 0.2) is 0 Å². The monoisotopic (exact) mass is 420 g/mol. The van der Waals surface area contributed by atoms with Gasteiger partial charge in [0.1, 0.15) is 5.82 Å². The number of halogens is 2. The largest absolute Gasteiger partial charge is 0.466 e. The van der Waals surface area contributed by atoms with E-state index in [-0.39, 0.29) is 23.7 Å². The number of nitrogens with zero attached hydrogens (tertiary/aromatic N) is 1. The quantitative estimate of drug-likeness (QED) is 0.573. The molecule has 0 saturated carbocycles. The number of nitrogens with two attached hydrogens (primary N) is 1. The third-order valence-electron chi connectivity index (χ3n) is 4.82. The first-order valence-corrected chi connectivity index (χ1v) is 10.3. The summed E-state index contributed by atoms with van der Waals surface area (Å²) in [6.07, 6.45) is 1.92. The second kappa shape index (κ2) is 11.3. The Hall–Kier alpha value is -1.95. The van der Waals surface area contributed by atoms with Gasteiger partial charge in [0.25, 0.3) is 0 Å². The zero-order valence-electron chi connectivity index (χ0n) is 17.3. The topological polar surface area (TPSA) is 55.6 Å². The van der Waals surface area contributed by atoms with Gasteiger partial charge in [0.2, 0.25) is 0 Å². The van der Waals surface area contributed by atoms with Crippen molar-refractivity contribution in [3.63, 3.8) is 0 Å². The highest BCUT2D eigenvalue weighted by molar-refractivity contribution is 6.30. The summed E-state index contributed by atoms with van der Waals surface area (Å²) in [4.78, 5) is 14.3. The molecule has 0 fully saturated rings. The van der Waals surface area contributed by atoms with Gasteiger partial charge in [0.05, 0.1) is 12.5 Å². The fourth-order valence-corrected chi connectivity index (χ4v) is 3.47. The van der Waals surface area contributed by atoms with Crippen LogP contribution < -0.4 is 5.73 Å². The fraction of sp³-hybridized carbons (Fsp3) is 0.435. The van der Waals surface area contributed by atoms with Gasteiger partial charge < -0.3 is 15.4 Å². The van der Waals surface area contributed by atoms with E-state index in [4.69, 9.17) is 22.1 Å². The summed E-state index contributed by atoms with van der Waals surface area (Å²) >= 11 is 5.98. The maximum absolute atomic E-state index is 14.1. The number of rotatable bonds is 10. The smallest absolute Gasteiger partial charge is 0.309 e. The molecule has 0 bridgehead atoms. The number of carbonyl (C=O) groups excluding carboxylic acids is 1. The van der Waals surface area contributed by atoms with E-state index in [2.05, 4.69) is 0 Å². The molecule has 0 aliphatic heterocycles. The number of carbonyl (C=O) groups is 1. The lowest BCUT2D eigenvalue weighted by atomic mass is 9.92. The van der Waals surface area contributed by atoms with Crippen molar-refractivity contribution >= 4 is 17.6 Å². The molecule has 0 spiro atoms. The summed E-state index contributed by atoms with van der Waals surface area (Å²) < 4.78 is 19.3. The molecular weight excluding hydrogens is 391 g/mol. The zero-order chi connectivity index (χ0) is 21.4. The second-order valence-corrected chi connectivity index (χ2v) is 8.00. The van der Waals surface area contributed by atoms with Crippen LogP contribution in [0.15, 0.2) is 42.5 Å². The summed E-state index contributed by atoms with van der Waals surface area (Å²) in [5.41, 5.74) is 8.62. The third kappa shape index (κ3) is 7.42. The highest BCUT2D eigenvalue weighted by Crippen LogP contribution is 2.26. The van der Waals surface area contributed by atoms with Crippen LogP contribution in [0.4, 0.5) is 4.39 Å². The lowest BCUT2D eigenvalue weighted by Gasteiger charge is -2.21. The molecule has 2 atom stereocenters. The van der Waals surface area contributed by atoms with Crippen molar-refractivity contribution in [2.75, 3.05) is 27.2 Å². The molecule has 2 aromatic rings. The number of benzene rings is 2. The van der Waals surface area contributed by atoms with Gasteiger partial charge in [-0.05, 0) is 76.2 Å². The van der Waals surface area contributed by atoms with E-state index in [1.165, 1.54) is 12.1 Å². The van der Waals surface area contributed by atoms with Crippen LogP contribution in [0.5, 0.6) is 0 Å². The van der Waals surface area contributed by atoms with Gasteiger partial charge in [-0.2, -0.15) is 0 Å². The molecule has 29 heavy (non-hydrogen) atoms. The molecular formula is C23H30ClFN2O2. The summed E-state index contributed by atoms with van der Waals surface area (Å²) in [7, 11) is 3.96. The molecule has 4 nitrogen and oxygen atoms in total. The normalized spacial score (nSPS) is 13.3. The summed E-state index contributed by atoms with van der Waals surface area (Å²) in [5, 5.41) is 0.496. The van der Waals surface area contributed by atoms with Gasteiger partial charge in [-0.25, -0.2) is 4.39 Å². The Balaban J connectivity index is 2.02. The van der Waals surface area contributed by atoms with E-state index >= 15 is 0 Å². The van der Waals surface area contributed by atoms with Crippen LogP contribution in [0.3, 0.4) is 0 Å². The molecule has 0 aliphatic carbocycles. The van der Waals surface area contributed by atoms with Crippen molar-refractivity contribution in [1.82, 2.24) is 4.90 Å². The number of ether oxygens (including phenoxy) is 1. The molecule has 2 aromatic carbocycles. The molecule has 158 valence electrons. The molecule has 0 heterocycles. The van der Waals surface area contributed by atoms with Crippen LogP contribution in [0.1, 0.15) is 25.3 Å². The highest BCUT2D eigenvalue weighted by Gasteiger charge is 2.23. The predicted molar refractivity (Wildman–Crippen MR) is 116 cm³/mol. The van der Waals surface area contributed by atoms with Crippen molar-refractivity contribution in [2.24, 2.45) is 11.7 Å². The molecule has 0 unspecified atom stereocenters. The summed E-state index contributed by atoms with van der Waals surface area (Å²) in [6.45, 7) is 2.98. The van der Waals surface area contributed by atoms with Gasteiger partial charge >= 0.3 is 5.97 Å². The van der Waals surface area contributed by atoms with Crippen molar-refractivity contribution < 1.29 is 13.9 Å². The average molecular weight is 421 g/mol. The molecule has 6 heteroatoms. The molecule has 0 aromatic heterocycles. The Kier molecular flexibility index (Phi) is 9.08. The van der Waals surface area contributed by atoms with Gasteiger partial charge in [-0.15, -0.1) is 0 Å². The lowest BCUT2D eigenvalue weighted by Crippen LogP contribution is -2.32. The van der Waals surface area contributed by atoms with Crippen LogP contribution in [-0.2, 0) is 16.0 Å². The standard InChI is InChI=1S/C23H30ClFN2O2/c1-4-29-23(28)18(11-12-27(2)3)14-20(26)13-16-5-7-17(8-6-16)21-15-19(24)9-10-22(21)25/h5-10,15,18,20H,4,11-14,26H2,1-3H3/t18-,20-/m1/s1. The zero-order valence-corrected chi connectivity index (χ0v) is 18.1. The van der Waals surface area contributed by atoms with E-state index in [0.29, 0.717) is 36.5 Å². The molecule has 0 radical (unpaired) electrons. The first-order valence-electron chi connectivity index (χ1n) is 9.91. The highest BCUT2D eigenvalue weighted by atomic mass is 35.5. The number of hydrogen-bond donors (Lipinski definition) is 1. The Morgan fingerprint density at radius 1 is 1.21 bits per heavy atom. The maximum atomic E-state index is 14.1. The van der Waals surface area contributed by atoms with Gasteiger partial charge in [0, 0.05) is 16.6 Å². The third-order valence-corrected chi connectivity index (χ3v) is 5.06. The van der Waals surface area contributed by atoms with Crippen LogP contribution in [-0.4, -0.2) is 44.2 Å². The van der Waals surface area contributed by atoms with Crippen molar-refractivity contribution in [2.45, 2.75) is 32.2 Å². The Morgan fingerprint density at radius 2 is 1.90 bits per heavy atom. The lowest BCUT2D eigenvalue weighted by molar-refractivity contribution is -0.148. The van der Waals surface area contributed by atoms with Crippen LogP contribution in [0.25, 0.3) is 11.1 Å². The number of hydrogen-bond acceptors (Lipinski definition) is 4. The predicted octanol–water partition coefficient (Wildman–Crippen LogP) is 4.54. The van der Waals surface area contributed by atoms with Gasteiger partial charge in [-0.1, -0.05) is 35.9 Å².